The molecule has 0 radical (unpaired) electrons. The van der Waals surface area contributed by atoms with E-state index in [0.29, 0.717) is 6.42 Å². The normalized spacial score (nSPS) is 26.0. The highest BCUT2D eigenvalue weighted by Crippen LogP contribution is 2.30. The number of hydrogen-bond acceptors (Lipinski definition) is 8. The highest BCUT2D eigenvalue weighted by atomic mass is 17.2. The molecule has 2 heterocycles. The molecule has 0 aliphatic carbocycles. The third-order valence-electron chi connectivity index (χ3n) is 2.91. The molecule has 1 aromatic heterocycles. The van der Waals surface area contributed by atoms with Crippen molar-refractivity contribution in [3.63, 3.8) is 0 Å². The smallest absolute Gasteiger partial charge is 0.351 e. The maximum atomic E-state index is 11.8. The molecule has 1 fully saturated rings. The van der Waals surface area contributed by atoms with Gasteiger partial charge in [-0.2, -0.15) is 4.98 Å². The highest BCUT2D eigenvalue weighted by Gasteiger charge is 2.38. The number of aromatic nitrogens is 2. The fourth-order valence-electron chi connectivity index (χ4n) is 2.03. The number of ether oxygens (including phenoxy) is 1. The SMILES string of the molecule is COOC[C@H]1O[C@@H](n2ccc(N)nc2=O)C[C@@H]1OOC. The molecule has 112 valence electrons. The first-order chi connectivity index (χ1) is 9.65. The third-order valence-corrected chi connectivity index (χ3v) is 2.91. The van der Waals surface area contributed by atoms with E-state index >= 15 is 0 Å². The average Bonchev–Trinajstić information content (AvgIpc) is 2.80. The molecule has 0 amide bonds. The largest absolute Gasteiger partial charge is 0.383 e. The zero-order valence-corrected chi connectivity index (χ0v) is 11.2. The lowest BCUT2D eigenvalue weighted by Gasteiger charge is -2.16. The second-order valence-corrected chi connectivity index (χ2v) is 4.16. The van der Waals surface area contributed by atoms with Crippen LogP contribution in [0.4, 0.5) is 5.82 Å². The molecule has 1 aromatic rings. The van der Waals surface area contributed by atoms with E-state index in [2.05, 4.69) is 14.8 Å². The van der Waals surface area contributed by atoms with Crippen LogP contribution in [0.25, 0.3) is 0 Å². The summed E-state index contributed by atoms with van der Waals surface area (Å²) in [4.78, 5) is 34.6. The van der Waals surface area contributed by atoms with E-state index < -0.39 is 18.0 Å². The van der Waals surface area contributed by atoms with Gasteiger partial charge < -0.3 is 10.5 Å². The zero-order valence-electron chi connectivity index (χ0n) is 11.2. The van der Waals surface area contributed by atoms with E-state index in [1.54, 1.807) is 0 Å². The van der Waals surface area contributed by atoms with Crippen LogP contribution in [0.1, 0.15) is 12.6 Å². The van der Waals surface area contributed by atoms with E-state index in [1.807, 2.05) is 0 Å². The second kappa shape index (κ2) is 6.77. The van der Waals surface area contributed by atoms with Crippen LogP contribution in [0.2, 0.25) is 0 Å². The maximum absolute atomic E-state index is 11.8. The minimum Gasteiger partial charge on any atom is -0.383 e. The van der Waals surface area contributed by atoms with Gasteiger partial charge in [0.1, 0.15) is 30.9 Å². The first kappa shape index (κ1) is 14.9. The summed E-state index contributed by atoms with van der Waals surface area (Å²) in [6.07, 6.45) is 0.603. The van der Waals surface area contributed by atoms with Crippen molar-refractivity contribution in [2.75, 3.05) is 26.6 Å². The Morgan fingerprint density at radius 1 is 1.50 bits per heavy atom. The van der Waals surface area contributed by atoms with Crippen molar-refractivity contribution in [2.24, 2.45) is 0 Å². The van der Waals surface area contributed by atoms with Crippen LogP contribution in [-0.2, 0) is 24.3 Å². The number of rotatable bonds is 6. The second-order valence-electron chi connectivity index (χ2n) is 4.16. The first-order valence-corrected chi connectivity index (χ1v) is 6.01. The van der Waals surface area contributed by atoms with Crippen molar-refractivity contribution >= 4 is 5.82 Å². The van der Waals surface area contributed by atoms with E-state index in [0.717, 1.165) is 0 Å². The van der Waals surface area contributed by atoms with E-state index in [1.165, 1.54) is 31.0 Å². The lowest BCUT2D eigenvalue weighted by Crippen LogP contribution is -2.29. The van der Waals surface area contributed by atoms with E-state index in [9.17, 15) is 4.79 Å². The van der Waals surface area contributed by atoms with Gasteiger partial charge in [-0.25, -0.2) is 24.3 Å². The van der Waals surface area contributed by atoms with Gasteiger partial charge in [-0.05, 0) is 6.07 Å². The zero-order chi connectivity index (χ0) is 14.5. The Kier molecular flexibility index (Phi) is 5.04. The summed E-state index contributed by atoms with van der Waals surface area (Å²) in [7, 11) is 2.80. The Balaban J connectivity index is 2.11. The lowest BCUT2D eigenvalue weighted by atomic mass is 10.2. The van der Waals surface area contributed by atoms with E-state index in [4.69, 9.17) is 20.2 Å². The minimum atomic E-state index is -0.527. The summed E-state index contributed by atoms with van der Waals surface area (Å²) in [6.45, 7) is 0.151. The Morgan fingerprint density at radius 3 is 2.95 bits per heavy atom. The monoisotopic (exact) mass is 287 g/mol. The number of nitrogen functional groups attached to an aromatic ring is 1. The summed E-state index contributed by atoms with van der Waals surface area (Å²) in [5, 5.41) is 0. The Hall–Kier alpha value is -1.52. The quantitative estimate of drug-likeness (QED) is 0.558. The molecule has 0 saturated carbocycles. The molecule has 1 saturated heterocycles. The van der Waals surface area contributed by atoms with Crippen LogP contribution in [0.3, 0.4) is 0 Å². The van der Waals surface area contributed by atoms with Gasteiger partial charge in [0.05, 0.1) is 14.2 Å². The average molecular weight is 287 g/mol. The first-order valence-electron chi connectivity index (χ1n) is 6.01. The van der Waals surface area contributed by atoms with E-state index in [-0.39, 0.29) is 18.5 Å². The molecule has 9 heteroatoms. The van der Waals surface area contributed by atoms with Crippen LogP contribution in [0, 0.1) is 0 Å². The van der Waals surface area contributed by atoms with Crippen molar-refractivity contribution < 1.29 is 24.3 Å². The van der Waals surface area contributed by atoms with Gasteiger partial charge in [-0.15, -0.1) is 0 Å². The predicted octanol–water partition coefficient (Wildman–Crippen LogP) is -0.362. The number of hydrogen-bond donors (Lipinski definition) is 1. The topological polar surface area (TPSA) is 107 Å². The van der Waals surface area contributed by atoms with Gasteiger partial charge in [0, 0.05) is 12.6 Å². The Labute approximate surface area is 115 Å². The molecule has 9 nitrogen and oxygen atoms in total. The molecule has 0 bridgehead atoms. The van der Waals surface area contributed by atoms with Crippen molar-refractivity contribution in [1.29, 1.82) is 0 Å². The van der Waals surface area contributed by atoms with Gasteiger partial charge in [-0.1, -0.05) is 0 Å². The Morgan fingerprint density at radius 2 is 2.30 bits per heavy atom. The summed E-state index contributed by atoms with van der Waals surface area (Å²) >= 11 is 0. The van der Waals surface area contributed by atoms with Gasteiger partial charge >= 0.3 is 5.69 Å². The molecule has 20 heavy (non-hydrogen) atoms. The molecule has 3 atom stereocenters. The van der Waals surface area contributed by atoms with Crippen LogP contribution >= 0.6 is 0 Å². The standard InChI is InChI=1S/C11H17N3O6/c1-16-18-6-8-7(20-17-2)5-10(19-8)14-4-3-9(12)13-11(14)15/h3-4,7-8,10H,5-6H2,1-2H3,(H2,12,13,15)/t7-,8+,10+/m0/s1. The number of nitrogens with zero attached hydrogens (tertiary/aromatic N) is 2. The van der Waals surface area contributed by atoms with Gasteiger partial charge in [0.15, 0.2) is 0 Å². The lowest BCUT2D eigenvalue weighted by molar-refractivity contribution is -0.331. The predicted molar refractivity (Wildman–Crippen MR) is 66.3 cm³/mol. The van der Waals surface area contributed by atoms with Gasteiger partial charge in [0.2, 0.25) is 0 Å². The summed E-state index contributed by atoms with van der Waals surface area (Å²) in [5.74, 6) is 0.160. The van der Waals surface area contributed by atoms with Crippen molar-refractivity contribution in [1.82, 2.24) is 9.55 Å². The molecule has 1 aliphatic rings. The summed E-state index contributed by atoms with van der Waals surface area (Å²) in [6, 6.07) is 1.52. The molecular formula is C11H17N3O6. The number of anilines is 1. The minimum absolute atomic E-state index is 0.151. The molecule has 0 aromatic carbocycles. The third kappa shape index (κ3) is 3.32. The number of nitrogens with two attached hydrogens (primary N) is 1. The molecule has 1 aliphatic heterocycles. The van der Waals surface area contributed by atoms with Gasteiger partial charge in [0.25, 0.3) is 0 Å². The molecule has 0 spiro atoms. The summed E-state index contributed by atoms with van der Waals surface area (Å²) in [5.41, 5.74) is 4.96. The van der Waals surface area contributed by atoms with Crippen LogP contribution in [-0.4, -0.2) is 42.6 Å². The fourth-order valence-corrected chi connectivity index (χ4v) is 2.03. The van der Waals surface area contributed by atoms with Crippen molar-refractivity contribution in [2.45, 2.75) is 24.9 Å². The van der Waals surface area contributed by atoms with Crippen LogP contribution in [0.5, 0.6) is 0 Å². The molecule has 2 rings (SSSR count). The fraction of sp³-hybridized carbons (Fsp3) is 0.636. The van der Waals surface area contributed by atoms with Crippen LogP contribution < -0.4 is 11.4 Å². The summed E-state index contributed by atoms with van der Waals surface area (Å²) < 4.78 is 7.05. The van der Waals surface area contributed by atoms with Crippen molar-refractivity contribution in [3.8, 4) is 0 Å². The Bertz CT molecular complexity index is 493. The molecular weight excluding hydrogens is 270 g/mol. The molecule has 2 N–H and O–H groups in total. The van der Waals surface area contributed by atoms with Gasteiger partial charge in [-0.3, -0.25) is 4.57 Å². The molecule has 0 unspecified atom stereocenters. The van der Waals surface area contributed by atoms with Crippen molar-refractivity contribution in [3.05, 3.63) is 22.7 Å². The van der Waals surface area contributed by atoms with Crippen LogP contribution in [0.15, 0.2) is 17.1 Å². The highest BCUT2D eigenvalue weighted by molar-refractivity contribution is 5.23. The maximum Gasteiger partial charge on any atom is 0.351 e.